The van der Waals surface area contributed by atoms with Crippen molar-refractivity contribution in [3.8, 4) is 11.5 Å². The van der Waals surface area contributed by atoms with Crippen LogP contribution in [-0.4, -0.2) is 33.5 Å². The van der Waals surface area contributed by atoms with Gasteiger partial charge < -0.3 is 19.4 Å². The summed E-state index contributed by atoms with van der Waals surface area (Å²) in [6.45, 7) is 7.92. The second-order valence-corrected chi connectivity index (χ2v) is 8.89. The van der Waals surface area contributed by atoms with E-state index in [9.17, 15) is 4.79 Å². The van der Waals surface area contributed by atoms with E-state index in [1.807, 2.05) is 62.6 Å². The molecule has 32 heavy (non-hydrogen) atoms. The Balaban J connectivity index is 1.71. The number of aryl methyl sites for hydroxylation is 1. The summed E-state index contributed by atoms with van der Waals surface area (Å²) in [6, 6.07) is 13.0. The fraction of sp³-hybridized carbons (Fsp3) is 0.348. The molecule has 0 aliphatic carbocycles. The Hall–Kier alpha value is -2.71. The maximum atomic E-state index is 12.5. The van der Waals surface area contributed by atoms with Crippen LogP contribution in [0.5, 0.6) is 11.5 Å². The maximum Gasteiger partial charge on any atom is 0.234 e. The van der Waals surface area contributed by atoms with Gasteiger partial charge in [-0.2, -0.15) is 0 Å². The number of thioether (sulfide) groups is 1. The van der Waals surface area contributed by atoms with Crippen LogP contribution in [0.15, 0.2) is 47.6 Å². The largest absolute Gasteiger partial charge is 0.493 e. The maximum absolute atomic E-state index is 12.5. The van der Waals surface area contributed by atoms with Crippen LogP contribution in [0.4, 0.5) is 5.69 Å². The highest BCUT2D eigenvalue weighted by atomic mass is 35.5. The summed E-state index contributed by atoms with van der Waals surface area (Å²) in [5.74, 6) is 2.01. The zero-order valence-electron chi connectivity index (χ0n) is 18.8. The molecule has 1 atom stereocenters. The van der Waals surface area contributed by atoms with E-state index in [-0.39, 0.29) is 23.8 Å². The highest BCUT2D eigenvalue weighted by Crippen LogP contribution is 2.32. The van der Waals surface area contributed by atoms with Crippen molar-refractivity contribution in [2.45, 2.75) is 45.0 Å². The van der Waals surface area contributed by atoms with Gasteiger partial charge in [-0.15, -0.1) is 10.2 Å². The van der Waals surface area contributed by atoms with Crippen molar-refractivity contribution in [1.82, 2.24) is 14.8 Å². The number of amides is 1. The highest BCUT2D eigenvalue weighted by Gasteiger charge is 2.23. The lowest BCUT2D eigenvalue weighted by Gasteiger charge is -2.19. The van der Waals surface area contributed by atoms with Gasteiger partial charge in [-0.1, -0.05) is 41.6 Å². The van der Waals surface area contributed by atoms with Crippen molar-refractivity contribution in [2.24, 2.45) is 0 Å². The molecular formula is C23H27ClN4O3S. The molecule has 170 valence electrons. The molecule has 3 rings (SSSR count). The molecule has 0 bridgehead atoms. The zero-order chi connectivity index (χ0) is 23.3. The first kappa shape index (κ1) is 23.9. The zero-order valence-corrected chi connectivity index (χ0v) is 20.3. The predicted octanol–water partition coefficient (Wildman–Crippen LogP) is 5.70. The van der Waals surface area contributed by atoms with Crippen molar-refractivity contribution in [2.75, 3.05) is 18.2 Å². The number of anilines is 1. The summed E-state index contributed by atoms with van der Waals surface area (Å²) >= 11 is 7.37. The van der Waals surface area contributed by atoms with Crippen molar-refractivity contribution in [3.63, 3.8) is 0 Å². The van der Waals surface area contributed by atoms with Gasteiger partial charge in [0.2, 0.25) is 5.91 Å². The first-order chi connectivity index (χ1) is 15.3. The van der Waals surface area contributed by atoms with Gasteiger partial charge in [-0.05, 0) is 57.5 Å². The minimum absolute atomic E-state index is 0.0875. The van der Waals surface area contributed by atoms with Crippen LogP contribution in [0.3, 0.4) is 0 Å². The Morgan fingerprint density at radius 3 is 2.56 bits per heavy atom. The average molecular weight is 475 g/mol. The number of aromatic nitrogens is 3. The summed E-state index contributed by atoms with van der Waals surface area (Å²) in [6.07, 6.45) is -0.363. The summed E-state index contributed by atoms with van der Waals surface area (Å²) in [7, 11) is 1.61. The number of para-hydroxylation sites is 2. The van der Waals surface area contributed by atoms with E-state index in [1.54, 1.807) is 19.2 Å². The molecule has 1 unspecified atom stereocenters. The number of benzene rings is 2. The molecule has 0 fully saturated rings. The quantitative estimate of drug-likeness (QED) is 0.401. The van der Waals surface area contributed by atoms with E-state index < -0.39 is 0 Å². The standard InChI is InChI=1S/C23H27ClN4O3S/c1-14(2)28-22(16(4)31-20-9-7-6-8-19(20)30-5)26-27-23(28)32-13-21(29)25-18-12-17(24)11-10-15(18)3/h6-12,14,16H,13H2,1-5H3,(H,25,29). The minimum atomic E-state index is -0.363. The number of hydrogen-bond donors (Lipinski definition) is 1. The van der Waals surface area contributed by atoms with Gasteiger partial charge in [-0.3, -0.25) is 4.79 Å². The molecule has 0 radical (unpaired) electrons. The molecule has 0 aliphatic rings. The monoisotopic (exact) mass is 474 g/mol. The number of rotatable bonds is 9. The molecule has 3 aromatic rings. The minimum Gasteiger partial charge on any atom is -0.493 e. The van der Waals surface area contributed by atoms with E-state index in [0.29, 0.717) is 33.2 Å². The van der Waals surface area contributed by atoms with Gasteiger partial charge >= 0.3 is 0 Å². The number of carbonyl (C=O) groups is 1. The van der Waals surface area contributed by atoms with Crippen LogP contribution < -0.4 is 14.8 Å². The van der Waals surface area contributed by atoms with Crippen LogP contribution >= 0.6 is 23.4 Å². The van der Waals surface area contributed by atoms with Crippen LogP contribution in [0.2, 0.25) is 5.02 Å². The third-order valence-corrected chi connectivity index (χ3v) is 5.93. The Morgan fingerprint density at radius 1 is 1.16 bits per heavy atom. The first-order valence-electron chi connectivity index (χ1n) is 10.2. The molecule has 1 amide bonds. The number of hydrogen-bond acceptors (Lipinski definition) is 6. The first-order valence-corrected chi connectivity index (χ1v) is 11.6. The average Bonchev–Trinajstić information content (AvgIpc) is 3.20. The third kappa shape index (κ3) is 5.75. The molecule has 1 aromatic heterocycles. The number of ether oxygens (including phenoxy) is 2. The molecular weight excluding hydrogens is 448 g/mol. The summed E-state index contributed by atoms with van der Waals surface area (Å²) in [5, 5.41) is 12.8. The molecule has 7 nitrogen and oxygen atoms in total. The van der Waals surface area contributed by atoms with Crippen LogP contribution in [0, 0.1) is 6.92 Å². The van der Waals surface area contributed by atoms with E-state index in [0.717, 1.165) is 5.56 Å². The summed E-state index contributed by atoms with van der Waals surface area (Å²) in [4.78, 5) is 12.5. The van der Waals surface area contributed by atoms with Crippen molar-refractivity contribution in [1.29, 1.82) is 0 Å². The Labute approximate surface area is 197 Å². The van der Waals surface area contributed by atoms with Gasteiger partial charge in [0.05, 0.1) is 12.9 Å². The lowest BCUT2D eigenvalue weighted by molar-refractivity contribution is -0.113. The van der Waals surface area contributed by atoms with Crippen LogP contribution in [-0.2, 0) is 4.79 Å². The highest BCUT2D eigenvalue weighted by molar-refractivity contribution is 7.99. The molecule has 1 heterocycles. The molecule has 0 saturated heterocycles. The lowest BCUT2D eigenvalue weighted by atomic mass is 10.2. The smallest absolute Gasteiger partial charge is 0.234 e. The summed E-state index contributed by atoms with van der Waals surface area (Å²) < 4.78 is 13.5. The number of halogens is 1. The summed E-state index contributed by atoms with van der Waals surface area (Å²) in [5.41, 5.74) is 1.65. The number of methoxy groups -OCH3 is 1. The van der Waals surface area contributed by atoms with Gasteiger partial charge in [0.15, 0.2) is 28.6 Å². The predicted molar refractivity (Wildman–Crippen MR) is 128 cm³/mol. The number of nitrogens with zero attached hydrogens (tertiary/aromatic N) is 3. The van der Waals surface area contributed by atoms with Gasteiger partial charge in [0, 0.05) is 16.8 Å². The Bertz CT molecular complexity index is 1090. The second kappa shape index (κ2) is 10.7. The van der Waals surface area contributed by atoms with Gasteiger partial charge in [0.1, 0.15) is 0 Å². The number of carbonyl (C=O) groups excluding carboxylic acids is 1. The Morgan fingerprint density at radius 2 is 1.88 bits per heavy atom. The third-order valence-electron chi connectivity index (χ3n) is 4.75. The van der Waals surface area contributed by atoms with Gasteiger partial charge in [-0.25, -0.2) is 0 Å². The molecule has 1 N–H and O–H groups in total. The van der Waals surface area contributed by atoms with Crippen molar-refractivity contribution in [3.05, 3.63) is 58.9 Å². The van der Waals surface area contributed by atoms with E-state index >= 15 is 0 Å². The lowest BCUT2D eigenvalue weighted by Crippen LogP contribution is -2.17. The SMILES string of the molecule is COc1ccccc1OC(C)c1nnc(SCC(=O)Nc2cc(Cl)ccc2C)n1C(C)C. The molecule has 0 aliphatic heterocycles. The van der Waals surface area contributed by atoms with Crippen molar-refractivity contribution >= 4 is 35.0 Å². The van der Waals surface area contributed by atoms with Crippen molar-refractivity contribution < 1.29 is 14.3 Å². The van der Waals surface area contributed by atoms with E-state index in [2.05, 4.69) is 15.5 Å². The Kier molecular flexibility index (Phi) is 8.04. The fourth-order valence-electron chi connectivity index (χ4n) is 3.15. The normalized spacial score (nSPS) is 12.0. The van der Waals surface area contributed by atoms with E-state index in [4.69, 9.17) is 21.1 Å². The van der Waals surface area contributed by atoms with Crippen LogP contribution in [0.1, 0.15) is 44.3 Å². The molecule has 0 saturated carbocycles. The van der Waals surface area contributed by atoms with Crippen LogP contribution in [0.25, 0.3) is 0 Å². The molecule has 2 aromatic carbocycles. The topological polar surface area (TPSA) is 78.3 Å². The van der Waals surface area contributed by atoms with E-state index in [1.165, 1.54) is 11.8 Å². The van der Waals surface area contributed by atoms with Gasteiger partial charge in [0.25, 0.3) is 0 Å². The molecule has 9 heteroatoms. The fourth-order valence-corrected chi connectivity index (χ4v) is 4.20. The number of nitrogens with one attached hydrogen (secondary N) is 1. The second-order valence-electron chi connectivity index (χ2n) is 7.51. The molecule has 0 spiro atoms.